The Morgan fingerprint density at radius 3 is 2.88 bits per heavy atom. The monoisotopic (exact) mass is 110 g/mol. The van der Waals surface area contributed by atoms with Crippen LogP contribution in [-0.2, 0) is 4.79 Å². The first-order chi connectivity index (χ1) is 3.84. The van der Waals surface area contributed by atoms with Gasteiger partial charge in [-0.2, -0.15) is 0 Å². The first kappa shape index (κ1) is 5.54. The van der Waals surface area contributed by atoms with Crippen LogP contribution in [0.1, 0.15) is 19.8 Å². The van der Waals surface area contributed by atoms with Gasteiger partial charge in [0, 0.05) is 0 Å². The van der Waals surface area contributed by atoms with E-state index >= 15 is 0 Å². The van der Waals surface area contributed by atoms with Crippen molar-refractivity contribution < 1.29 is 4.79 Å². The Hall–Kier alpha value is -0.590. The molecular formula is C7H10O. The molecule has 1 rings (SSSR count). The molecule has 0 aromatic heterocycles. The summed E-state index contributed by atoms with van der Waals surface area (Å²) in [5.74, 6) is 0.521. The maximum Gasteiger partial charge on any atom is 0.145 e. The summed E-state index contributed by atoms with van der Waals surface area (Å²) < 4.78 is 0. The van der Waals surface area contributed by atoms with Crippen molar-refractivity contribution in [3.05, 3.63) is 11.6 Å². The minimum Gasteiger partial charge on any atom is -0.298 e. The Balaban J connectivity index is 2.62. The molecule has 0 unspecified atom stereocenters. The summed E-state index contributed by atoms with van der Waals surface area (Å²) in [5, 5.41) is 0. The predicted octanol–water partition coefficient (Wildman–Crippen LogP) is 1.54. The zero-order chi connectivity index (χ0) is 5.98. The molecule has 1 nitrogen and oxygen atoms in total. The number of aldehydes is 1. The molecule has 0 N–H and O–H groups in total. The van der Waals surface area contributed by atoms with Gasteiger partial charge in [-0.15, -0.1) is 0 Å². The molecule has 0 aliphatic heterocycles. The second-order valence-electron chi connectivity index (χ2n) is 2.30. The smallest absolute Gasteiger partial charge is 0.145 e. The van der Waals surface area contributed by atoms with Gasteiger partial charge in [-0.1, -0.05) is 13.0 Å². The lowest BCUT2D eigenvalue weighted by atomic mass is 10.1. The first-order valence-electron chi connectivity index (χ1n) is 3.00. The average Bonchev–Trinajstić information content (AvgIpc) is 2.14. The molecule has 1 aliphatic rings. The highest BCUT2D eigenvalue weighted by atomic mass is 16.1. The first-order valence-corrected chi connectivity index (χ1v) is 3.00. The summed E-state index contributed by atoms with van der Waals surface area (Å²) in [6, 6.07) is 0. The molecule has 0 aromatic rings. The van der Waals surface area contributed by atoms with Gasteiger partial charge in [0.1, 0.15) is 6.29 Å². The van der Waals surface area contributed by atoms with E-state index in [-0.39, 0.29) is 0 Å². The van der Waals surface area contributed by atoms with Crippen LogP contribution in [0.2, 0.25) is 0 Å². The van der Waals surface area contributed by atoms with Gasteiger partial charge in [0.15, 0.2) is 0 Å². The number of allylic oxidation sites excluding steroid dienone is 2. The van der Waals surface area contributed by atoms with E-state index in [2.05, 4.69) is 6.92 Å². The lowest BCUT2D eigenvalue weighted by molar-refractivity contribution is -0.105. The van der Waals surface area contributed by atoms with Gasteiger partial charge in [-0.3, -0.25) is 4.79 Å². The van der Waals surface area contributed by atoms with Gasteiger partial charge in [0.25, 0.3) is 0 Å². The van der Waals surface area contributed by atoms with Gasteiger partial charge >= 0.3 is 0 Å². The van der Waals surface area contributed by atoms with E-state index in [0.29, 0.717) is 5.92 Å². The highest BCUT2D eigenvalue weighted by molar-refractivity contribution is 5.74. The largest absolute Gasteiger partial charge is 0.298 e. The van der Waals surface area contributed by atoms with E-state index in [1.165, 1.54) is 0 Å². The minimum absolute atomic E-state index is 0.521. The molecule has 0 radical (unpaired) electrons. The van der Waals surface area contributed by atoms with Crippen molar-refractivity contribution in [3.63, 3.8) is 0 Å². The molecule has 0 bridgehead atoms. The van der Waals surface area contributed by atoms with Crippen LogP contribution >= 0.6 is 0 Å². The average molecular weight is 110 g/mol. The normalized spacial score (nSPS) is 27.6. The molecule has 0 heterocycles. The van der Waals surface area contributed by atoms with Crippen LogP contribution in [0, 0.1) is 5.92 Å². The molecule has 0 aromatic carbocycles. The van der Waals surface area contributed by atoms with Crippen molar-refractivity contribution in [3.8, 4) is 0 Å². The van der Waals surface area contributed by atoms with Crippen LogP contribution < -0.4 is 0 Å². The molecule has 0 saturated carbocycles. The molecule has 1 atom stereocenters. The number of carbonyl (C=O) groups is 1. The van der Waals surface area contributed by atoms with E-state index in [1.807, 2.05) is 6.08 Å². The molecule has 1 aliphatic carbocycles. The SMILES string of the molecule is C[C@@H]1CCC=C1C=O. The van der Waals surface area contributed by atoms with Crippen LogP contribution in [0.5, 0.6) is 0 Å². The maximum absolute atomic E-state index is 10.1. The Bertz CT molecular complexity index is 124. The van der Waals surface area contributed by atoms with E-state index in [4.69, 9.17) is 0 Å². The van der Waals surface area contributed by atoms with Gasteiger partial charge in [-0.25, -0.2) is 0 Å². The summed E-state index contributed by atoms with van der Waals surface area (Å²) in [6.07, 6.45) is 5.25. The minimum atomic E-state index is 0.521. The Labute approximate surface area is 49.4 Å². The van der Waals surface area contributed by atoms with Crippen molar-refractivity contribution in [2.45, 2.75) is 19.8 Å². The number of hydrogen-bond acceptors (Lipinski definition) is 1. The molecule has 44 valence electrons. The van der Waals surface area contributed by atoms with Crippen LogP contribution in [0.25, 0.3) is 0 Å². The highest BCUT2D eigenvalue weighted by Gasteiger charge is 2.11. The summed E-state index contributed by atoms with van der Waals surface area (Å²) in [5.41, 5.74) is 0.991. The fraction of sp³-hybridized carbons (Fsp3) is 0.571. The van der Waals surface area contributed by atoms with E-state index in [0.717, 1.165) is 24.7 Å². The van der Waals surface area contributed by atoms with Crippen molar-refractivity contribution in [1.82, 2.24) is 0 Å². The Kier molecular flexibility index (Phi) is 1.47. The number of carbonyl (C=O) groups excluding carboxylic acids is 1. The van der Waals surface area contributed by atoms with Crippen LogP contribution in [-0.4, -0.2) is 6.29 Å². The van der Waals surface area contributed by atoms with Crippen LogP contribution in [0.4, 0.5) is 0 Å². The summed E-state index contributed by atoms with van der Waals surface area (Å²) in [4.78, 5) is 10.1. The highest BCUT2D eigenvalue weighted by Crippen LogP contribution is 2.22. The lowest BCUT2D eigenvalue weighted by Gasteiger charge is -1.97. The second-order valence-corrected chi connectivity index (χ2v) is 2.30. The van der Waals surface area contributed by atoms with Crippen molar-refractivity contribution in [1.29, 1.82) is 0 Å². The second kappa shape index (κ2) is 2.12. The molecule has 1 heteroatoms. The topological polar surface area (TPSA) is 17.1 Å². The zero-order valence-corrected chi connectivity index (χ0v) is 5.05. The van der Waals surface area contributed by atoms with Gasteiger partial charge < -0.3 is 0 Å². The maximum atomic E-state index is 10.1. The van der Waals surface area contributed by atoms with Gasteiger partial charge in [-0.05, 0) is 24.3 Å². The molecule has 0 spiro atoms. The third kappa shape index (κ3) is 0.808. The lowest BCUT2D eigenvalue weighted by Crippen LogP contribution is -1.92. The van der Waals surface area contributed by atoms with Crippen LogP contribution in [0.3, 0.4) is 0 Å². The standard InChI is InChI=1S/C7H10O/c1-6-3-2-4-7(6)5-8/h4-6H,2-3H2,1H3/t6-/m1/s1. The summed E-state index contributed by atoms with van der Waals surface area (Å²) in [7, 11) is 0. The van der Waals surface area contributed by atoms with Crippen LogP contribution in [0.15, 0.2) is 11.6 Å². The third-order valence-electron chi connectivity index (χ3n) is 1.68. The fourth-order valence-electron chi connectivity index (χ4n) is 1.03. The van der Waals surface area contributed by atoms with E-state index in [1.54, 1.807) is 0 Å². The fourth-order valence-corrected chi connectivity index (χ4v) is 1.03. The van der Waals surface area contributed by atoms with E-state index in [9.17, 15) is 4.79 Å². The Morgan fingerprint density at radius 1 is 1.88 bits per heavy atom. The predicted molar refractivity (Wildman–Crippen MR) is 32.5 cm³/mol. The molecule has 0 fully saturated rings. The third-order valence-corrected chi connectivity index (χ3v) is 1.68. The van der Waals surface area contributed by atoms with Gasteiger partial charge in [0.05, 0.1) is 0 Å². The van der Waals surface area contributed by atoms with Crippen molar-refractivity contribution in [2.24, 2.45) is 5.92 Å². The quantitative estimate of drug-likeness (QED) is 0.468. The number of rotatable bonds is 1. The molecular weight excluding hydrogens is 100 g/mol. The molecule has 8 heavy (non-hydrogen) atoms. The number of hydrogen-bond donors (Lipinski definition) is 0. The molecule has 0 amide bonds. The Morgan fingerprint density at radius 2 is 2.62 bits per heavy atom. The summed E-state index contributed by atoms with van der Waals surface area (Å²) in [6.45, 7) is 2.09. The zero-order valence-electron chi connectivity index (χ0n) is 5.05. The summed E-state index contributed by atoms with van der Waals surface area (Å²) >= 11 is 0. The molecule has 0 saturated heterocycles. The van der Waals surface area contributed by atoms with Crippen molar-refractivity contribution >= 4 is 6.29 Å². The van der Waals surface area contributed by atoms with E-state index < -0.39 is 0 Å². The van der Waals surface area contributed by atoms with Gasteiger partial charge in [0.2, 0.25) is 0 Å². The van der Waals surface area contributed by atoms with Crippen molar-refractivity contribution in [2.75, 3.05) is 0 Å².